The topological polar surface area (TPSA) is 105 Å². The van der Waals surface area contributed by atoms with Crippen molar-refractivity contribution in [1.29, 1.82) is 0 Å². The van der Waals surface area contributed by atoms with Crippen LogP contribution in [0.15, 0.2) is 34.9 Å². The Morgan fingerprint density at radius 1 is 0.935 bits per heavy atom. The molecule has 9 heteroatoms. The van der Waals surface area contributed by atoms with Crippen LogP contribution in [0.2, 0.25) is 0 Å². The lowest BCUT2D eigenvalue weighted by atomic mass is 10.1. The van der Waals surface area contributed by atoms with Gasteiger partial charge in [-0.3, -0.25) is 4.79 Å². The van der Waals surface area contributed by atoms with Gasteiger partial charge >= 0.3 is 0 Å². The van der Waals surface area contributed by atoms with E-state index in [9.17, 15) is 4.79 Å². The van der Waals surface area contributed by atoms with Crippen molar-refractivity contribution < 1.29 is 28.3 Å². The second-order valence-corrected chi connectivity index (χ2v) is 6.65. The van der Waals surface area contributed by atoms with Gasteiger partial charge in [0.25, 0.3) is 0 Å². The Bertz CT molecular complexity index is 1060. The molecule has 1 amide bonds. The summed E-state index contributed by atoms with van der Waals surface area (Å²) in [5, 5.41) is 6.87. The summed E-state index contributed by atoms with van der Waals surface area (Å²) in [7, 11) is 6.24. The molecule has 1 N–H and O–H groups in total. The highest BCUT2D eigenvalue weighted by Gasteiger charge is 2.15. The van der Waals surface area contributed by atoms with Crippen molar-refractivity contribution in [2.24, 2.45) is 0 Å². The third kappa shape index (κ3) is 5.06. The van der Waals surface area contributed by atoms with Gasteiger partial charge in [0.1, 0.15) is 0 Å². The number of aromatic nitrogens is 2. The quantitative estimate of drug-likeness (QED) is 0.552. The number of benzene rings is 2. The molecule has 0 aliphatic carbocycles. The maximum Gasteiger partial charge on any atom is 0.227 e. The van der Waals surface area contributed by atoms with Crippen molar-refractivity contribution in [3.8, 4) is 34.4 Å². The van der Waals surface area contributed by atoms with Crippen LogP contribution in [0.3, 0.4) is 0 Å². The molecule has 0 fully saturated rings. The minimum atomic E-state index is -0.179. The summed E-state index contributed by atoms with van der Waals surface area (Å²) in [6.07, 6.45) is 0.486. The van der Waals surface area contributed by atoms with Gasteiger partial charge in [-0.25, -0.2) is 0 Å². The summed E-state index contributed by atoms with van der Waals surface area (Å²) in [5.41, 5.74) is 2.23. The third-order valence-electron chi connectivity index (χ3n) is 4.68. The smallest absolute Gasteiger partial charge is 0.227 e. The fourth-order valence-electron chi connectivity index (χ4n) is 3.00. The Balaban J connectivity index is 1.64. The van der Waals surface area contributed by atoms with Gasteiger partial charge in [-0.1, -0.05) is 5.16 Å². The summed E-state index contributed by atoms with van der Waals surface area (Å²) in [6, 6.07) is 8.88. The van der Waals surface area contributed by atoms with Crippen molar-refractivity contribution in [2.75, 3.05) is 33.8 Å². The number of amides is 1. The predicted octanol–water partition coefficient (Wildman–Crippen LogP) is 3.65. The van der Waals surface area contributed by atoms with E-state index < -0.39 is 0 Å². The largest absolute Gasteiger partial charge is 0.493 e. The van der Waals surface area contributed by atoms with Crippen molar-refractivity contribution in [2.45, 2.75) is 19.8 Å². The lowest BCUT2D eigenvalue weighted by molar-refractivity contribution is -0.116. The van der Waals surface area contributed by atoms with E-state index in [2.05, 4.69) is 15.5 Å². The molecule has 3 rings (SSSR count). The molecule has 0 unspecified atom stereocenters. The molecular weight excluding hydrogens is 402 g/mol. The number of nitrogens with zero attached hydrogens (tertiary/aromatic N) is 2. The molecule has 1 aromatic heterocycles. The van der Waals surface area contributed by atoms with E-state index in [1.165, 1.54) is 0 Å². The van der Waals surface area contributed by atoms with E-state index in [1.807, 2.05) is 19.1 Å². The summed E-state index contributed by atoms with van der Waals surface area (Å²) >= 11 is 0. The van der Waals surface area contributed by atoms with Crippen LogP contribution in [-0.2, 0) is 11.2 Å². The number of aryl methyl sites for hydroxylation is 2. The van der Waals surface area contributed by atoms with Crippen molar-refractivity contribution in [3.05, 3.63) is 41.8 Å². The number of hydrogen-bond acceptors (Lipinski definition) is 8. The van der Waals surface area contributed by atoms with Crippen LogP contribution in [0.5, 0.6) is 23.0 Å². The van der Waals surface area contributed by atoms with Crippen LogP contribution >= 0.6 is 0 Å². The van der Waals surface area contributed by atoms with Gasteiger partial charge in [-0.15, -0.1) is 0 Å². The lowest BCUT2D eigenvalue weighted by Gasteiger charge is -2.13. The van der Waals surface area contributed by atoms with Crippen molar-refractivity contribution in [3.63, 3.8) is 0 Å². The van der Waals surface area contributed by atoms with Crippen LogP contribution in [0.4, 0.5) is 5.69 Å². The van der Waals surface area contributed by atoms with Crippen LogP contribution in [-0.4, -0.2) is 44.5 Å². The first-order valence-electron chi connectivity index (χ1n) is 9.56. The lowest BCUT2D eigenvalue weighted by Crippen LogP contribution is -2.13. The summed E-state index contributed by atoms with van der Waals surface area (Å²) < 4.78 is 26.4. The summed E-state index contributed by atoms with van der Waals surface area (Å²) in [5.74, 6) is 2.91. The van der Waals surface area contributed by atoms with E-state index in [0.717, 1.165) is 11.1 Å². The number of carbonyl (C=O) groups is 1. The zero-order chi connectivity index (χ0) is 22.4. The average Bonchev–Trinajstić information content (AvgIpc) is 3.27. The molecule has 3 aromatic rings. The summed E-state index contributed by atoms with van der Waals surface area (Å²) in [6.45, 7) is 1.88. The highest BCUT2D eigenvalue weighted by atomic mass is 16.5. The van der Waals surface area contributed by atoms with E-state index >= 15 is 0 Å². The molecule has 1 heterocycles. The maximum absolute atomic E-state index is 12.4. The second-order valence-electron chi connectivity index (χ2n) is 6.65. The number of methoxy groups -OCH3 is 4. The minimum absolute atomic E-state index is 0.179. The fourth-order valence-corrected chi connectivity index (χ4v) is 3.00. The number of ether oxygens (including phenoxy) is 4. The Kier molecular flexibility index (Phi) is 6.96. The normalized spacial score (nSPS) is 10.5. The molecule has 164 valence electrons. The standard InChI is InChI=1S/C22H25N3O6/c1-13-10-17(28-3)19(30-5)12-15(13)23-20(26)8-9-21-24-22(25-31-21)14-6-7-16(27-2)18(11-14)29-4/h6-7,10-12H,8-9H2,1-5H3,(H,23,26). The van der Waals surface area contributed by atoms with Gasteiger partial charge < -0.3 is 28.8 Å². The van der Waals surface area contributed by atoms with E-state index in [4.69, 9.17) is 23.5 Å². The van der Waals surface area contributed by atoms with Gasteiger partial charge in [-0.2, -0.15) is 4.98 Å². The Hall–Kier alpha value is -3.75. The van der Waals surface area contributed by atoms with Crippen LogP contribution in [0, 0.1) is 6.92 Å². The molecule has 0 atom stereocenters. The van der Waals surface area contributed by atoms with Crippen molar-refractivity contribution in [1.82, 2.24) is 10.1 Å². The summed E-state index contributed by atoms with van der Waals surface area (Å²) in [4.78, 5) is 16.8. The van der Waals surface area contributed by atoms with Crippen LogP contribution in [0.1, 0.15) is 17.9 Å². The van der Waals surface area contributed by atoms with E-state index in [1.54, 1.807) is 46.6 Å². The third-order valence-corrected chi connectivity index (χ3v) is 4.68. The molecule has 0 radical (unpaired) electrons. The average molecular weight is 427 g/mol. The van der Waals surface area contributed by atoms with Gasteiger partial charge in [0.05, 0.1) is 28.4 Å². The van der Waals surface area contributed by atoms with E-state index in [0.29, 0.717) is 46.8 Å². The SMILES string of the molecule is COc1ccc(-c2noc(CCC(=O)Nc3cc(OC)c(OC)cc3C)n2)cc1OC. The first kappa shape index (κ1) is 21.9. The zero-order valence-electron chi connectivity index (χ0n) is 18.1. The van der Waals surface area contributed by atoms with Gasteiger partial charge in [0.2, 0.25) is 17.6 Å². The number of rotatable bonds is 9. The highest BCUT2D eigenvalue weighted by Crippen LogP contribution is 2.33. The van der Waals surface area contributed by atoms with Crippen molar-refractivity contribution >= 4 is 11.6 Å². The molecule has 31 heavy (non-hydrogen) atoms. The molecule has 9 nitrogen and oxygen atoms in total. The molecule has 0 spiro atoms. The molecule has 2 aromatic carbocycles. The monoisotopic (exact) mass is 427 g/mol. The molecule has 0 saturated heterocycles. The zero-order valence-corrected chi connectivity index (χ0v) is 18.1. The molecule has 0 saturated carbocycles. The second kappa shape index (κ2) is 9.84. The van der Waals surface area contributed by atoms with E-state index in [-0.39, 0.29) is 12.3 Å². The van der Waals surface area contributed by atoms with Crippen LogP contribution in [0.25, 0.3) is 11.4 Å². The van der Waals surface area contributed by atoms with Gasteiger partial charge in [0, 0.05) is 30.2 Å². The molecule has 0 aliphatic rings. The first-order chi connectivity index (χ1) is 15.0. The predicted molar refractivity (Wildman–Crippen MR) is 114 cm³/mol. The number of nitrogens with one attached hydrogen (secondary N) is 1. The number of anilines is 1. The highest BCUT2D eigenvalue weighted by molar-refractivity contribution is 5.92. The Morgan fingerprint density at radius 3 is 2.26 bits per heavy atom. The Morgan fingerprint density at radius 2 is 1.58 bits per heavy atom. The molecule has 0 aliphatic heterocycles. The van der Waals surface area contributed by atoms with Gasteiger partial charge in [0.15, 0.2) is 23.0 Å². The minimum Gasteiger partial charge on any atom is -0.493 e. The maximum atomic E-state index is 12.4. The number of hydrogen-bond donors (Lipinski definition) is 1. The fraction of sp³-hybridized carbons (Fsp3) is 0.318. The number of carbonyl (C=O) groups excluding carboxylic acids is 1. The van der Waals surface area contributed by atoms with Gasteiger partial charge in [-0.05, 0) is 36.8 Å². The van der Waals surface area contributed by atoms with Crippen LogP contribution < -0.4 is 24.3 Å². The first-order valence-corrected chi connectivity index (χ1v) is 9.56. The molecular formula is C22H25N3O6. The Labute approximate surface area is 180 Å². The molecule has 0 bridgehead atoms.